The maximum atomic E-state index is 13.0. The van der Waals surface area contributed by atoms with Gasteiger partial charge in [-0.2, -0.15) is 23.4 Å². The minimum Gasteiger partial charge on any atom is -0.394 e. The summed E-state index contributed by atoms with van der Waals surface area (Å²) >= 11 is 0. The van der Waals surface area contributed by atoms with Gasteiger partial charge < -0.3 is 10.4 Å². The molecule has 2 heterocycles. The van der Waals surface area contributed by atoms with Crippen LogP contribution in [0.1, 0.15) is 21.5 Å². The van der Waals surface area contributed by atoms with Crippen molar-refractivity contribution in [2.45, 2.75) is 19.6 Å². The minimum absolute atomic E-state index is 0.0117. The molecule has 0 aliphatic carbocycles. The number of nitrogens with one attached hydrogen (secondary N) is 2. The summed E-state index contributed by atoms with van der Waals surface area (Å²) in [6.07, 6.45) is -0.991. The summed E-state index contributed by atoms with van der Waals surface area (Å²) in [7, 11) is 0. The second-order valence-electron chi connectivity index (χ2n) is 8.61. The number of H-pyrrole nitrogens is 1. The number of carbonyl (C=O) groups is 1. The van der Waals surface area contributed by atoms with E-state index in [0.29, 0.717) is 12.1 Å². The molecule has 0 aliphatic heterocycles. The molecule has 10 heteroatoms. The summed E-state index contributed by atoms with van der Waals surface area (Å²) in [5.41, 5.74) is 4.49. The van der Waals surface area contributed by atoms with Crippen molar-refractivity contribution >= 4 is 22.5 Å². The molecule has 1 amide bonds. The highest BCUT2D eigenvalue weighted by Crippen LogP contribution is 2.33. The molecular weight excluding hydrogens is 483 g/mol. The molecule has 2 aromatic heterocycles. The monoisotopic (exact) mass is 505 g/mol. The van der Waals surface area contributed by atoms with Crippen molar-refractivity contribution in [2.75, 3.05) is 11.9 Å². The normalized spacial score (nSPS) is 11.7. The molecule has 0 bridgehead atoms. The highest BCUT2D eigenvalue weighted by Gasteiger charge is 2.30. The number of nitrogens with zero attached hydrogens (tertiary/aromatic N) is 3. The number of aromatic amines is 1. The van der Waals surface area contributed by atoms with Crippen molar-refractivity contribution in [1.82, 2.24) is 20.0 Å². The van der Waals surface area contributed by atoms with Gasteiger partial charge in [0.1, 0.15) is 5.69 Å². The van der Waals surface area contributed by atoms with Crippen LogP contribution in [-0.4, -0.2) is 37.6 Å². The molecule has 0 radical (unpaired) electrons. The van der Waals surface area contributed by atoms with E-state index in [1.54, 1.807) is 29.1 Å². The summed E-state index contributed by atoms with van der Waals surface area (Å²) < 4.78 is 40.7. The van der Waals surface area contributed by atoms with E-state index in [-0.39, 0.29) is 12.3 Å². The van der Waals surface area contributed by atoms with E-state index in [1.807, 2.05) is 31.3 Å². The van der Waals surface area contributed by atoms with Crippen molar-refractivity contribution in [1.29, 1.82) is 0 Å². The van der Waals surface area contributed by atoms with E-state index >= 15 is 0 Å². The second kappa shape index (κ2) is 9.55. The summed E-state index contributed by atoms with van der Waals surface area (Å²) in [4.78, 5) is 12.9. The zero-order chi connectivity index (χ0) is 26.2. The number of aryl methyl sites for hydroxylation is 1. The molecule has 0 fully saturated rings. The molecule has 3 aromatic carbocycles. The first-order valence-electron chi connectivity index (χ1n) is 11.4. The van der Waals surface area contributed by atoms with Gasteiger partial charge in [-0.05, 0) is 66.1 Å². The molecule has 0 spiro atoms. The van der Waals surface area contributed by atoms with Gasteiger partial charge in [0.05, 0.1) is 30.4 Å². The highest BCUT2D eigenvalue weighted by molar-refractivity contribution is 6.05. The number of rotatable bonds is 6. The van der Waals surface area contributed by atoms with Crippen LogP contribution in [0, 0.1) is 6.92 Å². The molecule has 0 aliphatic rings. The summed E-state index contributed by atoms with van der Waals surface area (Å²) in [6, 6.07) is 15.5. The highest BCUT2D eigenvalue weighted by atomic mass is 19.4. The Hall–Kier alpha value is -4.44. The van der Waals surface area contributed by atoms with E-state index in [0.717, 1.165) is 51.0 Å². The number of aliphatic hydroxyl groups excluding tert-OH is 1. The first-order valence-corrected chi connectivity index (χ1v) is 11.4. The van der Waals surface area contributed by atoms with Crippen LogP contribution in [0.5, 0.6) is 0 Å². The maximum Gasteiger partial charge on any atom is 0.416 e. The van der Waals surface area contributed by atoms with Crippen LogP contribution < -0.4 is 5.32 Å². The van der Waals surface area contributed by atoms with Crippen LogP contribution in [0.25, 0.3) is 33.3 Å². The Morgan fingerprint density at radius 2 is 1.92 bits per heavy atom. The van der Waals surface area contributed by atoms with Gasteiger partial charge in [-0.1, -0.05) is 18.2 Å². The number of amides is 1. The minimum atomic E-state index is -4.50. The molecule has 0 saturated carbocycles. The van der Waals surface area contributed by atoms with Crippen LogP contribution in [0.2, 0.25) is 0 Å². The quantitative estimate of drug-likeness (QED) is 0.277. The van der Waals surface area contributed by atoms with Crippen molar-refractivity contribution in [3.63, 3.8) is 0 Å². The lowest BCUT2D eigenvalue weighted by Crippen LogP contribution is -2.13. The van der Waals surface area contributed by atoms with E-state index in [9.17, 15) is 18.0 Å². The van der Waals surface area contributed by atoms with E-state index < -0.39 is 17.6 Å². The van der Waals surface area contributed by atoms with Crippen molar-refractivity contribution in [2.24, 2.45) is 0 Å². The molecule has 0 atom stereocenters. The fourth-order valence-electron chi connectivity index (χ4n) is 4.17. The lowest BCUT2D eigenvalue weighted by Gasteiger charge is -2.12. The number of halogens is 3. The molecule has 5 rings (SSSR count). The van der Waals surface area contributed by atoms with Gasteiger partial charge in [0.25, 0.3) is 5.91 Å². The number of benzene rings is 3. The first-order chi connectivity index (χ1) is 17.7. The molecule has 0 unspecified atom stereocenters. The fraction of sp³-hybridized carbons (Fsp3) is 0.148. The Labute approximate surface area is 209 Å². The number of alkyl halides is 3. The molecule has 188 valence electrons. The number of aliphatic hydroxyl groups is 1. The molecule has 3 N–H and O–H groups in total. The van der Waals surface area contributed by atoms with Crippen molar-refractivity contribution in [3.8, 4) is 22.4 Å². The Bertz CT molecular complexity index is 1600. The third kappa shape index (κ3) is 4.96. The summed E-state index contributed by atoms with van der Waals surface area (Å²) in [5, 5.41) is 24.2. The largest absolute Gasteiger partial charge is 0.416 e. The van der Waals surface area contributed by atoms with Crippen LogP contribution >= 0.6 is 0 Å². The number of anilines is 1. The van der Waals surface area contributed by atoms with Crippen LogP contribution in [0.15, 0.2) is 73.1 Å². The molecule has 5 aromatic rings. The van der Waals surface area contributed by atoms with Gasteiger partial charge in [0, 0.05) is 28.4 Å². The number of hydrogen-bond donors (Lipinski definition) is 3. The predicted molar refractivity (Wildman–Crippen MR) is 134 cm³/mol. The zero-order valence-electron chi connectivity index (χ0n) is 19.7. The topological polar surface area (TPSA) is 95.8 Å². The fourth-order valence-corrected chi connectivity index (χ4v) is 4.17. The molecule has 0 saturated heterocycles. The Morgan fingerprint density at radius 1 is 1.08 bits per heavy atom. The Morgan fingerprint density at radius 3 is 2.70 bits per heavy atom. The molecular formula is C27H22F3N5O2. The van der Waals surface area contributed by atoms with Gasteiger partial charge in [-0.25, -0.2) is 0 Å². The average Bonchev–Trinajstić information content (AvgIpc) is 3.50. The van der Waals surface area contributed by atoms with Crippen LogP contribution in [0.3, 0.4) is 0 Å². The second-order valence-corrected chi connectivity index (χ2v) is 8.61. The third-order valence-electron chi connectivity index (χ3n) is 6.06. The smallest absolute Gasteiger partial charge is 0.394 e. The van der Waals surface area contributed by atoms with Gasteiger partial charge in [0.15, 0.2) is 0 Å². The SMILES string of the molecule is Cc1ccc(C(=O)Nc2cccc(C(F)(F)F)c2)cc1-c1ccc2c(-c3cnn(CCO)c3)n[nH]c2c1. The van der Waals surface area contributed by atoms with E-state index in [2.05, 4.69) is 20.6 Å². The number of aromatic nitrogens is 4. The first kappa shape index (κ1) is 24.3. The predicted octanol–water partition coefficient (Wildman–Crippen LogP) is 5.67. The molecule has 37 heavy (non-hydrogen) atoms. The van der Waals surface area contributed by atoms with E-state index in [4.69, 9.17) is 5.11 Å². The van der Waals surface area contributed by atoms with Crippen LogP contribution in [0.4, 0.5) is 18.9 Å². The van der Waals surface area contributed by atoms with Gasteiger partial charge in [-0.3, -0.25) is 14.6 Å². The average molecular weight is 506 g/mol. The van der Waals surface area contributed by atoms with Gasteiger partial charge in [0.2, 0.25) is 0 Å². The van der Waals surface area contributed by atoms with E-state index in [1.165, 1.54) is 12.1 Å². The summed E-state index contributed by atoms with van der Waals surface area (Å²) in [6.45, 7) is 2.30. The lowest BCUT2D eigenvalue weighted by atomic mass is 9.96. The molecule has 7 nitrogen and oxygen atoms in total. The Kier molecular flexibility index (Phi) is 6.26. The number of carbonyl (C=O) groups excluding carboxylic acids is 1. The zero-order valence-corrected chi connectivity index (χ0v) is 19.7. The number of hydrogen-bond acceptors (Lipinski definition) is 4. The van der Waals surface area contributed by atoms with Crippen molar-refractivity contribution in [3.05, 3.63) is 89.7 Å². The maximum absolute atomic E-state index is 13.0. The van der Waals surface area contributed by atoms with Crippen molar-refractivity contribution < 1.29 is 23.1 Å². The van der Waals surface area contributed by atoms with Gasteiger partial charge in [-0.15, -0.1) is 0 Å². The summed E-state index contributed by atoms with van der Waals surface area (Å²) in [5.74, 6) is -0.509. The van der Waals surface area contributed by atoms with Gasteiger partial charge >= 0.3 is 6.18 Å². The standard InChI is InChI=1S/C27H22F3N5O2/c1-16-5-6-18(26(37)32-21-4-2-3-20(13-21)27(28,29)30)11-23(16)17-7-8-22-24(12-17)33-34-25(22)19-14-31-35(15-19)9-10-36/h2-8,11-15,36H,9-10H2,1H3,(H,32,37)(H,33,34). The number of fused-ring (bicyclic) bond motifs is 1. The Balaban J connectivity index is 1.43. The van der Waals surface area contributed by atoms with Crippen LogP contribution in [-0.2, 0) is 12.7 Å². The third-order valence-corrected chi connectivity index (χ3v) is 6.06. The lowest BCUT2D eigenvalue weighted by molar-refractivity contribution is -0.137.